The van der Waals surface area contributed by atoms with E-state index in [1.807, 2.05) is 0 Å². The summed E-state index contributed by atoms with van der Waals surface area (Å²) in [6, 6.07) is 31.4. The molecule has 4 rings (SSSR count). The van der Waals surface area contributed by atoms with Crippen LogP contribution in [0, 0.1) is 0 Å². The number of hydrogen-bond donors (Lipinski definition) is 0. The average Bonchev–Trinajstić information content (AvgIpc) is 2.66. The minimum absolute atomic E-state index is 1.20. The topological polar surface area (TPSA) is 0 Å². The maximum atomic E-state index is 9.87. The predicted molar refractivity (Wildman–Crippen MR) is 111 cm³/mol. The molecule has 0 aromatic heterocycles. The van der Waals surface area contributed by atoms with Gasteiger partial charge < -0.3 is 0 Å². The summed E-state index contributed by atoms with van der Waals surface area (Å²) in [4.78, 5) is 0. The van der Waals surface area contributed by atoms with Crippen molar-refractivity contribution >= 4 is 25.7 Å². The summed E-state index contributed by atoms with van der Waals surface area (Å²) >= 11 is 0. The Balaban J connectivity index is 0.000000298. The first-order chi connectivity index (χ1) is 13.3. The molecule has 1 aliphatic rings. The van der Waals surface area contributed by atoms with Crippen molar-refractivity contribution in [2.45, 2.75) is 12.6 Å². The molecule has 8 heteroatoms. The van der Waals surface area contributed by atoms with E-state index in [1.165, 1.54) is 18.7 Å². The van der Waals surface area contributed by atoms with Crippen molar-refractivity contribution in [1.82, 2.24) is 0 Å². The van der Waals surface area contributed by atoms with Gasteiger partial charge in [-0.1, -0.05) is 60.7 Å². The third kappa shape index (κ3) is 6.55. The SMILES string of the molecule is F[P-](F)(F)(F)(F)F.c1ccc([P+]2(c3ccccc3)CCc3ccccc3C2)cc1. The van der Waals surface area contributed by atoms with E-state index in [2.05, 4.69) is 84.9 Å². The zero-order chi connectivity index (χ0) is 21.2. The third-order valence-electron chi connectivity index (χ3n) is 4.82. The molecule has 0 bridgehead atoms. The van der Waals surface area contributed by atoms with E-state index in [1.54, 1.807) is 21.7 Å². The molecule has 1 aliphatic heterocycles. The Morgan fingerprint density at radius 3 is 1.38 bits per heavy atom. The molecule has 0 saturated carbocycles. The van der Waals surface area contributed by atoms with Gasteiger partial charge in [0.05, 0.1) is 30.2 Å². The molecule has 0 spiro atoms. The summed E-state index contributed by atoms with van der Waals surface area (Å²) in [6.45, 7) is 0. The fourth-order valence-corrected chi connectivity index (χ4v) is 7.99. The normalized spacial score (nSPS) is 17.7. The Bertz CT molecular complexity index is 920. The van der Waals surface area contributed by atoms with Crippen molar-refractivity contribution in [3.63, 3.8) is 0 Å². The van der Waals surface area contributed by atoms with Gasteiger partial charge in [0.25, 0.3) is 0 Å². The van der Waals surface area contributed by atoms with Crippen LogP contribution in [-0.2, 0) is 12.6 Å². The molecule has 0 unspecified atom stereocenters. The van der Waals surface area contributed by atoms with Crippen LogP contribution >= 0.6 is 15.1 Å². The number of halogens is 6. The summed E-state index contributed by atoms with van der Waals surface area (Å²) in [5.74, 6) is 0. The number of aryl methyl sites for hydroxylation is 1. The van der Waals surface area contributed by atoms with Crippen molar-refractivity contribution in [2.75, 3.05) is 6.16 Å². The van der Waals surface area contributed by atoms with Crippen LogP contribution in [0.5, 0.6) is 0 Å². The largest absolute Gasteiger partial charge is 0.0995 e. The Kier molecular flexibility index (Phi) is 5.34. The van der Waals surface area contributed by atoms with E-state index >= 15 is 0 Å². The monoisotopic (exact) mass is 448 g/mol. The van der Waals surface area contributed by atoms with Crippen molar-refractivity contribution in [3.8, 4) is 0 Å². The average molecular weight is 448 g/mol. The third-order valence-corrected chi connectivity index (χ3v) is 9.26. The van der Waals surface area contributed by atoms with Gasteiger partial charge in [0, 0.05) is 6.42 Å². The van der Waals surface area contributed by atoms with Crippen LogP contribution in [-0.4, -0.2) is 6.16 Å². The minimum atomic E-state index is -10.7. The molecule has 156 valence electrons. The smallest absolute Gasteiger partial charge is 0.0620 e. The zero-order valence-electron chi connectivity index (χ0n) is 15.4. The number of hydrogen-bond acceptors (Lipinski definition) is 0. The Morgan fingerprint density at radius 1 is 0.552 bits per heavy atom. The molecule has 3 aromatic rings. The van der Waals surface area contributed by atoms with Gasteiger partial charge in [-0.15, -0.1) is 0 Å². The van der Waals surface area contributed by atoms with Crippen molar-refractivity contribution in [3.05, 3.63) is 96.1 Å². The van der Waals surface area contributed by atoms with Crippen LogP contribution in [0.2, 0.25) is 0 Å². The van der Waals surface area contributed by atoms with Crippen molar-refractivity contribution in [1.29, 1.82) is 0 Å². The fraction of sp³-hybridized carbons (Fsp3) is 0.143. The van der Waals surface area contributed by atoms with Gasteiger partial charge >= 0.3 is 33.0 Å². The maximum Gasteiger partial charge on any atom is 0.0995 e. The second-order valence-electron chi connectivity index (χ2n) is 7.00. The van der Waals surface area contributed by atoms with Gasteiger partial charge in [-0.25, -0.2) is 0 Å². The van der Waals surface area contributed by atoms with E-state index in [9.17, 15) is 25.2 Å². The molecule has 3 aromatic carbocycles. The van der Waals surface area contributed by atoms with Crippen LogP contribution in [0.25, 0.3) is 0 Å². The maximum absolute atomic E-state index is 10.7. The van der Waals surface area contributed by atoms with E-state index in [-0.39, 0.29) is 0 Å². The molecule has 0 fully saturated rings. The van der Waals surface area contributed by atoms with Crippen LogP contribution in [0.15, 0.2) is 84.9 Å². The molecular weight excluding hydrogens is 428 g/mol. The minimum Gasteiger partial charge on any atom is -0.0620 e. The van der Waals surface area contributed by atoms with Crippen molar-refractivity contribution < 1.29 is 25.2 Å². The molecule has 0 amide bonds. The Labute approximate surface area is 166 Å². The molecule has 0 radical (unpaired) electrons. The van der Waals surface area contributed by atoms with Gasteiger partial charge in [-0.3, -0.25) is 0 Å². The standard InChI is InChI=1S/C21H20P.F6P/c1-3-11-20(12-4-1)22(21-13-5-2-6-14-21)16-15-18-9-7-8-10-19(18)17-22;1-7(2,3,4,5)6/h1-14H,15-17H2;/q+1;-1. The van der Waals surface area contributed by atoms with E-state index in [4.69, 9.17) is 0 Å². The quantitative estimate of drug-likeness (QED) is 0.277. The van der Waals surface area contributed by atoms with Gasteiger partial charge in [-0.2, -0.15) is 0 Å². The zero-order valence-corrected chi connectivity index (χ0v) is 17.2. The summed E-state index contributed by atoms with van der Waals surface area (Å²) in [5, 5.41) is 3.10. The van der Waals surface area contributed by atoms with Crippen molar-refractivity contribution in [2.24, 2.45) is 0 Å². The van der Waals surface area contributed by atoms with Gasteiger partial charge in [0.15, 0.2) is 0 Å². The van der Waals surface area contributed by atoms with E-state index in [0.29, 0.717) is 0 Å². The molecule has 0 atom stereocenters. The van der Waals surface area contributed by atoms with E-state index < -0.39 is 15.1 Å². The number of benzene rings is 3. The second kappa shape index (κ2) is 7.11. The Morgan fingerprint density at radius 2 is 0.931 bits per heavy atom. The molecule has 29 heavy (non-hydrogen) atoms. The first kappa shape index (κ1) is 21.8. The number of fused-ring (bicyclic) bond motifs is 1. The molecule has 0 nitrogen and oxygen atoms in total. The summed E-state index contributed by atoms with van der Waals surface area (Å²) < 4.78 is 59.2. The second-order valence-corrected chi connectivity index (χ2v) is 12.6. The van der Waals surface area contributed by atoms with Gasteiger partial charge in [0.2, 0.25) is 0 Å². The molecule has 1 heterocycles. The van der Waals surface area contributed by atoms with Gasteiger partial charge in [0.1, 0.15) is 0 Å². The number of rotatable bonds is 2. The van der Waals surface area contributed by atoms with Crippen LogP contribution in [0.4, 0.5) is 25.2 Å². The molecule has 0 saturated heterocycles. The van der Waals surface area contributed by atoms with Gasteiger partial charge in [-0.05, 0) is 35.4 Å². The van der Waals surface area contributed by atoms with E-state index in [0.717, 1.165) is 0 Å². The van der Waals surface area contributed by atoms with Crippen LogP contribution in [0.1, 0.15) is 11.1 Å². The molecule has 0 aliphatic carbocycles. The fourth-order valence-electron chi connectivity index (χ4n) is 3.65. The summed E-state index contributed by atoms with van der Waals surface area (Å²) in [5.41, 5.74) is 3.10. The van der Waals surface area contributed by atoms with Crippen LogP contribution in [0.3, 0.4) is 0 Å². The predicted octanol–water partition coefficient (Wildman–Crippen LogP) is 7.79. The first-order valence-electron chi connectivity index (χ1n) is 8.95. The van der Waals surface area contributed by atoms with Crippen LogP contribution < -0.4 is 10.6 Å². The molecular formula is C21H20F6P2. The Hall–Kier alpha value is -1.90. The first-order valence-corrected chi connectivity index (χ1v) is 13.1. The molecule has 0 N–H and O–H groups in total. The summed E-state index contributed by atoms with van der Waals surface area (Å²) in [7, 11) is -12.0. The summed E-state index contributed by atoms with van der Waals surface area (Å²) in [6.07, 6.45) is 3.70.